The van der Waals surface area contributed by atoms with Crippen LogP contribution in [-0.4, -0.2) is 87.8 Å². The van der Waals surface area contributed by atoms with E-state index in [1.165, 1.54) is 0 Å². The molecule has 0 fully saturated rings. The first-order valence-corrected chi connectivity index (χ1v) is 15.9. The lowest BCUT2D eigenvalue weighted by atomic mass is 10.0. The third-order valence-corrected chi connectivity index (χ3v) is 7.08. The zero-order valence-corrected chi connectivity index (χ0v) is 24.4. The van der Waals surface area contributed by atoms with Gasteiger partial charge in [0.25, 0.3) is 0 Å². The van der Waals surface area contributed by atoms with Gasteiger partial charge in [0, 0.05) is 24.7 Å². The number of nitrogens with zero attached hydrogens (tertiary/aromatic N) is 4. The fourth-order valence-electron chi connectivity index (χ4n) is 3.89. The first-order valence-electron chi connectivity index (χ1n) is 13.5. The van der Waals surface area contributed by atoms with Crippen LogP contribution >= 0.6 is 0 Å². The smallest absolute Gasteiger partial charge is 0.319 e. The second-order valence-electron chi connectivity index (χ2n) is 8.92. The molecule has 2 aromatic carbocycles. The number of hydrogen-bond acceptors (Lipinski definition) is 9. The van der Waals surface area contributed by atoms with Gasteiger partial charge in [-0.15, -0.1) is 5.79 Å². The van der Waals surface area contributed by atoms with E-state index in [2.05, 4.69) is 26.1 Å². The van der Waals surface area contributed by atoms with Crippen molar-refractivity contribution in [1.82, 2.24) is 25.3 Å². The molecule has 0 saturated carbocycles. The maximum Gasteiger partial charge on any atom is 0.319 e. The van der Waals surface area contributed by atoms with Crippen LogP contribution in [0.4, 0.5) is 0 Å². The zero-order valence-electron chi connectivity index (χ0n) is 23.0. The van der Waals surface area contributed by atoms with Gasteiger partial charge < -0.3 is 24.3 Å². The van der Waals surface area contributed by atoms with E-state index in [9.17, 15) is 4.79 Å². The predicted molar refractivity (Wildman–Crippen MR) is 155 cm³/mol. The fourth-order valence-corrected chi connectivity index (χ4v) is 4.57. The second kappa shape index (κ2) is 15.8. The van der Waals surface area contributed by atoms with Crippen molar-refractivity contribution in [1.29, 1.82) is 0 Å². The molecule has 4 aromatic rings. The highest BCUT2D eigenvalue weighted by molar-refractivity contribution is 6.33. The molecule has 1 amide bonds. The molecule has 208 valence electrons. The highest BCUT2D eigenvalue weighted by Crippen LogP contribution is 2.30. The summed E-state index contributed by atoms with van der Waals surface area (Å²) in [5.41, 5.74) is 5.15. The van der Waals surface area contributed by atoms with E-state index < -0.39 is 0 Å². The topological polar surface area (TPSA) is 118 Å². The van der Waals surface area contributed by atoms with E-state index in [0.29, 0.717) is 51.9 Å². The lowest BCUT2D eigenvalue weighted by Crippen LogP contribution is -2.27. The number of benzene rings is 2. The molecule has 10 nitrogen and oxygen atoms in total. The van der Waals surface area contributed by atoms with Crippen LogP contribution < -0.4 is 14.8 Å². The molecule has 0 atom stereocenters. The maximum absolute atomic E-state index is 11.5. The van der Waals surface area contributed by atoms with Crippen LogP contribution in [0.15, 0.2) is 60.9 Å². The van der Waals surface area contributed by atoms with Crippen molar-refractivity contribution in [2.24, 2.45) is 0 Å². The summed E-state index contributed by atoms with van der Waals surface area (Å²) in [6, 6.07) is 15.9. The Labute approximate surface area is 240 Å². The highest BCUT2D eigenvalue weighted by atomic mass is 27.1. The zero-order chi connectivity index (χ0) is 28.0. The number of carbonyl (C=O) groups is 1. The van der Waals surface area contributed by atoms with Gasteiger partial charge in [-0.1, -0.05) is 41.7 Å². The van der Waals surface area contributed by atoms with Crippen molar-refractivity contribution in [3.05, 3.63) is 60.9 Å². The number of rotatable bonds is 16. The Morgan fingerprint density at radius 2 is 1.57 bits per heavy atom. The summed E-state index contributed by atoms with van der Waals surface area (Å²) in [5.74, 6) is 2.72. The number of carbonyl (C=O) groups excluding carboxylic acids is 1. The van der Waals surface area contributed by atoms with Crippen molar-refractivity contribution < 1.29 is 23.7 Å². The molecule has 2 aromatic heterocycles. The van der Waals surface area contributed by atoms with E-state index in [1.807, 2.05) is 48.5 Å². The van der Waals surface area contributed by atoms with Gasteiger partial charge in [-0.25, -0.2) is 9.97 Å². The fraction of sp³-hybridized carbons (Fsp3) is 0.345. The van der Waals surface area contributed by atoms with Gasteiger partial charge in [0.1, 0.15) is 6.61 Å². The van der Waals surface area contributed by atoms with Gasteiger partial charge in [0.15, 0.2) is 0 Å². The first kappa shape index (κ1) is 29.4. The Bertz CT molecular complexity index is 1370. The number of hydrogen-bond donors (Lipinski definition) is 1. The Hall–Kier alpha value is -3.62. The van der Waals surface area contributed by atoms with Crippen LogP contribution in [-0.2, 0) is 14.3 Å². The molecule has 0 aliphatic rings. The first-order chi connectivity index (χ1) is 19.7. The van der Waals surface area contributed by atoms with Crippen LogP contribution in [0.2, 0.25) is 11.1 Å². The molecular weight excluding hydrogens is 525 g/mol. The minimum Gasteiger partial charge on any atom is -0.480 e. The van der Waals surface area contributed by atoms with E-state index >= 15 is 0 Å². The van der Waals surface area contributed by atoms with E-state index in [4.69, 9.17) is 23.9 Å². The molecule has 1 N–H and O–H groups in total. The number of fused-ring (bicyclic) bond motifs is 1. The van der Waals surface area contributed by atoms with E-state index in [0.717, 1.165) is 38.7 Å². The Balaban J connectivity index is 1.20. The minimum absolute atomic E-state index is 0.0602. The number of para-hydroxylation sites is 2. The quantitative estimate of drug-likeness (QED) is 0.162. The monoisotopic (exact) mass is 559 g/mol. The molecular formula is C29H34AlN5O5. The summed E-state index contributed by atoms with van der Waals surface area (Å²) in [6.07, 6.45) is 4.09. The molecule has 0 bridgehead atoms. The van der Waals surface area contributed by atoms with Crippen molar-refractivity contribution in [2.75, 3.05) is 46.7 Å². The molecule has 40 heavy (non-hydrogen) atoms. The molecule has 4 rings (SSSR count). The highest BCUT2D eigenvalue weighted by Gasteiger charge is 2.12. The third-order valence-electron chi connectivity index (χ3n) is 6.02. The van der Waals surface area contributed by atoms with Crippen LogP contribution in [0, 0.1) is 0 Å². The van der Waals surface area contributed by atoms with Crippen LogP contribution in [0.25, 0.3) is 33.4 Å². The van der Waals surface area contributed by atoms with Gasteiger partial charge in [-0.05, 0) is 17.7 Å². The molecule has 0 aliphatic carbocycles. The van der Waals surface area contributed by atoms with Crippen molar-refractivity contribution in [3.63, 3.8) is 0 Å². The predicted octanol–water partition coefficient (Wildman–Crippen LogP) is 3.58. The average molecular weight is 560 g/mol. The molecule has 0 saturated heterocycles. The van der Waals surface area contributed by atoms with Crippen molar-refractivity contribution in [3.8, 4) is 34.3 Å². The summed E-state index contributed by atoms with van der Waals surface area (Å²) >= 11 is -0.0602. The van der Waals surface area contributed by atoms with Gasteiger partial charge in [0.2, 0.25) is 27.0 Å². The molecule has 0 radical (unpaired) electrons. The van der Waals surface area contributed by atoms with Crippen molar-refractivity contribution in [2.45, 2.75) is 17.5 Å². The van der Waals surface area contributed by atoms with Gasteiger partial charge in [-0.3, -0.25) is 9.78 Å². The van der Waals surface area contributed by atoms with Crippen LogP contribution in [0.3, 0.4) is 0 Å². The Kier molecular flexibility index (Phi) is 11.6. The number of amides is 1. The number of methoxy groups -OCH3 is 1. The molecule has 0 aliphatic heterocycles. The lowest BCUT2D eigenvalue weighted by molar-refractivity contribution is -0.121. The average Bonchev–Trinajstić information content (AvgIpc) is 3.00. The largest absolute Gasteiger partial charge is 0.480 e. The van der Waals surface area contributed by atoms with E-state index in [-0.39, 0.29) is 27.1 Å². The van der Waals surface area contributed by atoms with E-state index in [1.54, 1.807) is 19.5 Å². The third kappa shape index (κ3) is 8.69. The second-order valence-corrected chi connectivity index (χ2v) is 10.6. The summed E-state index contributed by atoms with van der Waals surface area (Å²) in [5, 5.41) is 3.90. The van der Waals surface area contributed by atoms with Gasteiger partial charge in [0.05, 0.1) is 62.0 Å². The number of ether oxygens (including phenoxy) is 4. The summed E-state index contributed by atoms with van der Waals surface area (Å²) in [6.45, 7) is 2.53. The SMILES string of the molecule is COc1nc(OCCOCCOCCNC(=O)C[CH2][AlH][CH3])ncc1-c1ccc(-c2cnc3ccccc3n2)cc1. The van der Waals surface area contributed by atoms with Crippen LogP contribution in [0.1, 0.15) is 6.42 Å². The Morgan fingerprint density at radius 1 is 0.850 bits per heavy atom. The molecule has 0 unspecified atom stereocenters. The number of nitrogens with one attached hydrogen (secondary N) is 1. The van der Waals surface area contributed by atoms with Crippen molar-refractivity contribution >= 4 is 32.2 Å². The standard InChI is InChI=1S/C28H30N5O5.CH3.Al.H/c1-3-26(34)29-12-13-36-14-15-37-16-17-38-28-31-18-22(27(33-28)35-2)20-8-10-21(11-9-20)25-19-30-23-6-4-5-7-24(23)32-25;;;/h4-11,18-19H,1,3,12-17H2,2H3,(H,29,34);1H3;;. The normalized spacial score (nSPS) is 10.8. The Morgan fingerprint density at radius 3 is 2.35 bits per heavy atom. The van der Waals surface area contributed by atoms with Gasteiger partial charge in [-0.2, -0.15) is 4.98 Å². The molecule has 0 spiro atoms. The molecule has 2 heterocycles. The number of aromatic nitrogens is 4. The van der Waals surface area contributed by atoms with Gasteiger partial charge >= 0.3 is 6.01 Å². The lowest BCUT2D eigenvalue weighted by Gasteiger charge is -2.11. The molecule has 11 heteroatoms. The maximum atomic E-state index is 11.5. The summed E-state index contributed by atoms with van der Waals surface area (Å²) in [7, 11) is 1.57. The minimum atomic E-state index is -0.0602. The summed E-state index contributed by atoms with van der Waals surface area (Å²) < 4.78 is 22.1. The summed E-state index contributed by atoms with van der Waals surface area (Å²) in [4.78, 5) is 29.5. The van der Waals surface area contributed by atoms with Crippen LogP contribution in [0.5, 0.6) is 11.9 Å².